The normalized spacial score (nSPS) is 10.3. The topological polar surface area (TPSA) is 56.5 Å². The Kier molecular flexibility index (Phi) is 4.20. The van der Waals surface area contributed by atoms with E-state index in [2.05, 4.69) is 5.10 Å². The summed E-state index contributed by atoms with van der Waals surface area (Å²) >= 11 is 0. The first kappa shape index (κ1) is 12.4. The maximum atomic E-state index is 9.27. The fourth-order valence-corrected chi connectivity index (χ4v) is 1.68. The summed E-state index contributed by atoms with van der Waals surface area (Å²) in [5.74, 6) is 1.22. The van der Waals surface area contributed by atoms with Gasteiger partial charge in [-0.15, -0.1) is 0 Å². The van der Waals surface area contributed by atoms with Crippen LogP contribution >= 0.6 is 0 Å². The van der Waals surface area contributed by atoms with Gasteiger partial charge in [-0.1, -0.05) is 12.1 Å². The molecule has 5 nitrogen and oxygen atoms in total. The molecular weight excluding hydrogens is 232 g/mol. The number of aromatic nitrogens is 2. The molecule has 0 saturated carbocycles. The summed E-state index contributed by atoms with van der Waals surface area (Å²) in [4.78, 5) is 0. The predicted molar refractivity (Wildman–Crippen MR) is 66.6 cm³/mol. The number of aliphatic hydroxyl groups is 1. The number of aliphatic hydroxyl groups excluding tert-OH is 1. The van der Waals surface area contributed by atoms with Gasteiger partial charge in [0, 0.05) is 18.0 Å². The van der Waals surface area contributed by atoms with Crippen molar-refractivity contribution in [3.05, 3.63) is 42.2 Å². The van der Waals surface area contributed by atoms with Gasteiger partial charge in [0.2, 0.25) is 0 Å². The molecule has 96 valence electrons. The summed E-state index contributed by atoms with van der Waals surface area (Å²) < 4.78 is 12.7. The Labute approximate surface area is 106 Å². The predicted octanol–water partition coefficient (Wildman–Crippen LogP) is 1.46. The Morgan fingerprint density at radius 1 is 1.33 bits per heavy atom. The number of nitrogens with zero attached hydrogens (tertiary/aromatic N) is 2. The molecule has 5 heteroatoms. The second kappa shape index (κ2) is 6.07. The average molecular weight is 248 g/mol. The van der Waals surface area contributed by atoms with Crippen LogP contribution in [-0.2, 0) is 13.2 Å². The second-order valence-electron chi connectivity index (χ2n) is 3.72. The van der Waals surface area contributed by atoms with Gasteiger partial charge in [0.15, 0.2) is 11.5 Å². The molecule has 2 rings (SSSR count). The zero-order valence-electron chi connectivity index (χ0n) is 10.2. The lowest BCUT2D eigenvalue weighted by atomic mass is 10.2. The summed E-state index contributed by atoms with van der Waals surface area (Å²) in [6.07, 6.45) is 3.60. The lowest BCUT2D eigenvalue weighted by Gasteiger charge is -2.13. The first-order valence-electron chi connectivity index (χ1n) is 5.72. The van der Waals surface area contributed by atoms with Crippen molar-refractivity contribution < 1.29 is 14.6 Å². The molecule has 0 saturated heterocycles. The van der Waals surface area contributed by atoms with Gasteiger partial charge in [-0.05, 0) is 12.1 Å². The minimum Gasteiger partial charge on any atom is -0.493 e. The number of rotatable bonds is 6. The fraction of sp³-hybridized carbons (Fsp3) is 0.308. The van der Waals surface area contributed by atoms with E-state index in [4.69, 9.17) is 9.47 Å². The highest BCUT2D eigenvalue weighted by atomic mass is 16.5. The summed E-state index contributed by atoms with van der Waals surface area (Å²) in [5, 5.41) is 13.4. The van der Waals surface area contributed by atoms with Crippen molar-refractivity contribution in [3.63, 3.8) is 0 Å². The van der Waals surface area contributed by atoms with Crippen LogP contribution in [0.1, 0.15) is 5.56 Å². The van der Waals surface area contributed by atoms with Gasteiger partial charge in [-0.2, -0.15) is 5.10 Å². The lowest BCUT2D eigenvalue weighted by molar-refractivity contribution is 0.246. The molecule has 1 N–H and O–H groups in total. The molecule has 1 aromatic heterocycles. The van der Waals surface area contributed by atoms with E-state index in [1.807, 2.05) is 30.5 Å². The molecule has 0 radical (unpaired) electrons. The fourth-order valence-electron chi connectivity index (χ4n) is 1.68. The standard InChI is InChI=1S/C13H16N2O3/c1-17-12-5-2-4-11(10-16)13(12)18-9-8-15-7-3-6-14-15/h2-7,16H,8-10H2,1H3. The minimum atomic E-state index is -0.0751. The third-order valence-corrected chi connectivity index (χ3v) is 2.58. The van der Waals surface area contributed by atoms with Crippen molar-refractivity contribution in [2.24, 2.45) is 0 Å². The highest BCUT2D eigenvalue weighted by Crippen LogP contribution is 2.30. The zero-order valence-corrected chi connectivity index (χ0v) is 10.2. The zero-order chi connectivity index (χ0) is 12.8. The molecule has 0 atom stereocenters. The molecule has 0 amide bonds. The van der Waals surface area contributed by atoms with Crippen LogP contribution in [0.15, 0.2) is 36.7 Å². The molecule has 18 heavy (non-hydrogen) atoms. The monoisotopic (exact) mass is 248 g/mol. The molecule has 1 heterocycles. The minimum absolute atomic E-state index is 0.0751. The highest BCUT2D eigenvalue weighted by molar-refractivity contribution is 5.46. The van der Waals surface area contributed by atoms with Crippen LogP contribution in [-0.4, -0.2) is 28.6 Å². The van der Waals surface area contributed by atoms with Crippen molar-refractivity contribution in [2.75, 3.05) is 13.7 Å². The van der Waals surface area contributed by atoms with Crippen LogP contribution in [0, 0.1) is 0 Å². The van der Waals surface area contributed by atoms with Crippen molar-refractivity contribution in [1.29, 1.82) is 0 Å². The van der Waals surface area contributed by atoms with E-state index in [9.17, 15) is 5.11 Å². The number of para-hydroxylation sites is 1. The summed E-state index contributed by atoms with van der Waals surface area (Å²) in [6, 6.07) is 7.31. The van der Waals surface area contributed by atoms with E-state index in [0.717, 1.165) is 5.56 Å². The third-order valence-electron chi connectivity index (χ3n) is 2.58. The van der Waals surface area contributed by atoms with E-state index >= 15 is 0 Å². The van der Waals surface area contributed by atoms with Crippen LogP contribution in [0.4, 0.5) is 0 Å². The van der Waals surface area contributed by atoms with Gasteiger partial charge in [0.1, 0.15) is 6.61 Å². The van der Waals surface area contributed by atoms with Crippen molar-refractivity contribution in [3.8, 4) is 11.5 Å². The maximum Gasteiger partial charge on any atom is 0.166 e. The number of hydrogen-bond acceptors (Lipinski definition) is 4. The molecule has 0 aliphatic rings. The van der Waals surface area contributed by atoms with Crippen LogP contribution in [0.25, 0.3) is 0 Å². The number of hydrogen-bond donors (Lipinski definition) is 1. The number of methoxy groups -OCH3 is 1. The number of ether oxygens (including phenoxy) is 2. The van der Waals surface area contributed by atoms with Gasteiger partial charge in [0.05, 0.1) is 20.3 Å². The van der Waals surface area contributed by atoms with Gasteiger partial charge in [0.25, 0.3) is 0 Å². The van der Waals surface area contributed by atoms with Gasteiger partial charge < -0.3 is 14.6 Å². The Balaban J connectivity index is 2.03. The van der Waals surface area contributed by atoms with Crippen LogP contribution in [0.2, 0.25) is 0 Å². The first-order valence-corrected chi connectivity index (χ1v) is 5.72. The van der Waals surface area contributed by atoms with Gasteiger partial charge in [-0.3, -0.25) is 4.68 Å². The number of benzene rings is 1. The van der Waals surface area contributed by atoms with Crippen LogP contribution in [0.3, 0.4) is 0 Å². The maximum absolute atomic E-state index is 9.27. The SMILES string of the molecule is COc1cccc(CO)c1OCCn1cccn1. The molecule has 0 aliphatic carbocycles. The van der Waals surface area contributed by atoms with Crippen LogP contribution in [0.5, 0.6) is 11.5 Å². The summed E-state index contributed by atoms with van der Waals surface area (Å²) in [7, 11) is 1.58. The van der Waals surface area contributed by atoms with E-state index in [1.54, 1.807) is 18.0 Å². The molecule has 0 unspecified atom stereocenters. The molecule has 0 spiro atoms. The average Bonchev–Trinajstić information content (AvgIpc) is 2.92. The van der Waals surface area contributed by atoms with Crippen molar-refractivity contribution in [1.82, 2.24) is 9.78 Å². The van der Waals surface area contributed by atoms with Crippen molar-refractivity contribution in [2.45, 2.75) is 13.2 Å². The molecule has 0 bridgehead atoms. The Morgan fingerprint density at radius 2 is 2.22 bits per heavy atom. The van der Waals surface area contributed by atoms with E-state index < -0.39 is 0 Å². The summed E-state index contributed by atoms with van der Waals surface area (Å²) in [5.41, 5.74) is 0.717. The molecule has 1 aromatic carbocycles. The Morgan fingerprint density at radius 3 is 2.89 bits per heavy atom. The quantitative estimate of drug-likeness (QED) is 0.841. The van der Waals surface area contributed by atoms with Gasteiger partial charge >= 0.3 is 0 Å². The molecular formula is C13H16N2O3. The second-order valence-corrected chi connectivity index (χ2v) is 3.72. The van der Waals surface area contributed by atoms with E-state index in [0.29, 0.717) is 24.7 Å². The van der Waals surface area contributed by atoms with Gasteiger partial charge in [-0.25, -0.2) is 0 Å². The molecule has 0 aliphatic heterocycles. The smallest absolute Gasteiger partial charge is 0.166 e. The first-order chi connectivity index (χ1) is 8.85. The largest absolute Gasteiger partial charge is 0.493 e. The Bertz CT molecular complexity index is 461. The third kappa shape index (κ3) is 2.81. The Hall–Kier alpha value is -2.01. The lowest BCUT2D eigenvalue weighted by Crippen LogP contribution is -2.10. The van der Waals surface area contributed by atoms with Crippen molar-refractivity contribution >= 4 is 0 Å². The van der Waals surface area contributed by atoms with E-state index in [-0.39, 0.29) is 6.61 Å². The summed E-state index contributed by atoms with van der Waals surface area (Å²) in [6.45, 7) is 1.04. The molecule has 2 aromatic rings. The molecule has 0 fully saturated rings. The van der Waals surface area contributed by atoms with E-state index in [1.165, 1.54) is 0 Å². The van der Waals surface area contributed by atoms with Crippen LogP contribution < -0.4 is 9.47 Å². The highest BCUT2D eigenvalue weighted by Gasteiger charge is 2.09.